The van der Waals surface area contributed by atoms with Gasteiger partial charge in [-0.05, 0) is 51.6 Å². The summed E-state index contributed by atoms with van der Waals surface area (Å²) in [6.07, 6.45) is 10.4. The first kappa shape index (κ1) is 27.3. The minimum Gasteiger partial charge on any atom is -0.493 e. The third-order valence-corrected chi connectivity index (χ3v) is 5.77. The zero-order valence-electron chi connectivity index (χ0n) is 20.2. The normalized spacial score (nSPS) is 11.1. The molecule has 1 N–H and O–H groups in total. The van der Waals surface area contributed by atoms with Gasteiger partial charge in [0.05, 0.1) is 6.61 Å². The van der Waals surface area contributed by atoms with E-state index in [9.17, 15) is 0 Å². The van der Waals surface area contributed by atoms with Crippen molar-refractivity contribution in [3.8, 4) is 5.75 Å². The van der Waals surface area contributed by atoms with Crippen molar-refractivity contribution in [3.05, 3.63) is 42.0 Å². The number of hydrogen-bond donors (Lipinski definition) is 1. The lowest BCUT2D eigenvalue weighted by Gasteiger charge is -2.33. The van der Waals surface area contributed by atoms with Crippen molar-refractivity contribution in [1.82, 2.24) is 4.90 Å². The SMILES string of the molecule is CCCCCCCCCCOc1ccc(C(=N)N(C(C)C)C(C)C)c2ccccc12.Cl. The summed E-state index contributed by atoms with van der Waals surface area (Å²) in [7, 11) is 0. The van der Waals surface area contributed by atoms with Crippen LogP contribution in [-0.2, 0) is 0 Å². The Bertz CT molecular complexity index is 780. The van der Waals surface area contributed by atoms with E-state index in [-0.39, 0.29) is 24.5 Å². The van der Waals surface area contributed by atoms with E-state index in [0.29, 0.717) is 5.84 Å². The fourth-order valence-corrected chi connectivity index (χ4v) is 4.27. The molecule has 0 bridgehead atoms. The van der Waals surface area contributed by atoms with Crippen LogP contribution >= 0.6 is 12.4 Å². The van der Waals surface area contributed by atoms with E-state index in [0.717, 1.165) is 35.1 Å². The molecule has 0 amide bonds. The number of amidine groups is 1. The molecule has 0 unspecified atom stereocenters. The second-order valence-corrected chi connectivity index (χ2v) is 8.92. The Balaban J connectivity index is 0.00000480. The van der Waals surface area contributed by atoms with Crippen LogP contribution in [0.5, 0.6) is 5.75 Å². The zero-order chi connectivity index (χ0) is 21.9. The minimum atomic E-state index is 0. The molecule has 0 fully saturated rings. The van der Waals surface area contributed by atoms with Crippen LogP contribution in [0.25, 0.3) is 10.8 Å². The Hall–Kier alpha value is -1.74. The number of benzene rings is 2. The highest BCUT2D eigenvalue weighted by Gasteiger charge is 2.20. The Morgan fingerprint density at radius 3 is 1.94 bits per heavy atom. The number of hydrogen-bond acceptors (Lipinski definition) is 2. The van der Waals surface area contributed by atoms with Gasteiger partial charge in [0, 0.05) is 23.0 Å². The Morgan fingerprint density at radius 2 is 1.35 bits per heavy atom. The van der Waals surface area contributed by atoms with Gasteiger partial charge in [-0.3, -0.25) is 5.41 Å². The average Bonchev–Trinajstić information content (AvgIpc) is 2.71. The quantitative estimate of drug-likeness (QED) is 0.191. The van der Waals surface area contributed by atoms with Crippen LogP contribution in [0.15, 0.2) is 36.4 Å². The van der Waals surface area contributed by atoms with Crippen LogP contribution < -0.4 is 4.74 Å². The minimum absolute atomic E-state index is 0. The lowest BCUT2D eigenvalue weighted by molar-refractivity contribution is 0.291. The van der Waals surface area contributed by atoms with Crippen molar-refractivity contribution in [2.45, 2.75) is 98.1 Å². The fraction of sp³-hybridized carbons (Fsp3) is 0.593. The first-order chi connectivity index (χ1) is 14.5. The van der Waals surface area contributed by atoms with Gasteiger partial charge in [0.15, 0.2) is 0 Å². The van der Waals surface area contributed by atoms with Gasteiger partial charge in [-0.15, -0.1) is 12.4 Å². The molecule has 174 valence electrons. The van der Waals surface area contributed by atoms with E-state index in [1.54, 1.807) is 0 Å². The summed E-state index contributed by atoms with van der Waals surface area (Å²) in [5.74, 6) is 1.52. The van der Waals surface area contributed by atoms with Crippen LogP contribution in [0.2, 0.25) is 0 Å². The standard InChI is InChI=1S/C27H42N2O.ClH/c1-6-7-8-9-10-11-12-15-20-30-26-19-18-25(23-16-13-14-17-24(23)26)27(28)29(21(2)3)22(4)5;/h13-14,16-19,21-22,28H,6-12,15,20H2,1-5H3;1H. The molecule has 3 nitrogen and oxygen atoms in total. The summed E-state index contributed by atoms with van der Waals surface area (Å²) in [4.78, 5) is 2.17. The molecule has 0 spiro atoms. The smallest absolute Gasteiger partial charge is 0.129 e. The van der Waals surface area contributed by atoms with Gasteiger partial charge in [0.25, 0.3) is 0 Å². The van der Waals surface area contributed by atoms with Crippen molar-refractivity contribution >= 4 is 29.0 Å². The van der Waals surface area contributed by atoms with Crippen molar-refractivity contribution in [2.75, 3.05) is 6.61 Å². The predicted molar refractivity (Wildman–Crippen MR) is 138 cm³/mol. The van der Waals surface area contributed by atoms with Gasteiger partial charge in [0.2, 0.25) is 0 Å². The fourth-order valence-electron chi connectivity index (χ4n) is 4.27. The van der Waals surface area contributed by atoms with Crippen molar-refractivity contribution in [3.63, 3.8) is 0 Å². The van der Waals surface area contributed by atoms with Crippen LogP contribution in [0, 0.1) is 5.41 Å². The molecule has 2 aromatic rings. The summed E-state index contributed by atoms with van der Waals surface area (Å²) in [5, 5.41) is 11.1. The van der Waals surface area contributed by atoms with E-state index in [1.165, 1.54) is 44.9 Å². The molecule has 0 aliphatic rings. The van der Waals surface area contributed by atoms with Gasteiger partial charge in [0.1, 0.15) is 11.6 Å². The predicted octanol–water partition coefficient (Wildman–Crippen LogP) is 8.23. The lowest BCUT2D eigenvalue weighted by atomic mass is 10.0. The van der Waals surface area contributed by atoms with Gasteiger partial charge in [-0.25, -0.2) is 0 Å². The van der Waals surface area contributed by atoms with E-state index in [2.05, 4.69) is 75.9 Å². The number of ether oxygens (including phenoxy) is 1. The molecule has 0 radical (unpaired) electrons. The van der Waals surface area contributed by atoms with Gasteiger partial charge in [-0.2, -0.15) is 0 Å². The highest BCUT2D eigenvalue weighted by Crippen LogP contribution is 2.30. The summed E-state index contributed by atoms with van der Waals surface area (Å²) >= 11 is 0. The zero-order valence-corrected chi connectivity index (χ0v) is 21.1. The summed E-state index contributed by atoms with van der Waals surface area (Å²) in [5.41, 5.74) is 0.979. The highest BCUT2D eigenvalue weighted by atomic mass is 35.5. The number of rotatable bonds is 13. The molecule has 4 heteroatoms. The number of fused-ring (bicyclic) bond motifs is 1. The van der Waals surface area contributed by atoms with Crippen molar-refractivity contribution in [2.24, 2.45) is 0 Å². The molecule has 0 aliphatic heterocycles. The maximum absolute atomic E-state index is 8.86. The van der Waals surface area contributed by atoms with Crippen molar-refractivity contribution in [1.29, 1.82) is 5.41 Å². The third-order valence-electron chi connectivity index (χ3n) is 5.77. The Kier molecular flexibility index (Phi) is 12.6. The van der Waals surface area contributed by atoms with Crippen molar-refractivity contribution < 1.29 is 4.74 Å². The molecular formula is C27H43ClN2O. The highest BCUT2D eigenvalue weighted by molar-refractivity contribution is 6.09. The molecule has 2 aromatic carbocycles. The molecule has 0 saturated heterocycles. The molecule has 0 saturated carbocycles. The van der Waals surface area contributed by atoms with Crippen LogP contribution in [0.1, 0.15) is 91.5 Å². The second kappa shape index (κ2) is 14.3. The van der Waals surface area contributed by atoms with E-state index in [4.69, 9.17) is 10.1 Å². The van der Waals surface area contributed by atoms with Crippen LogP contribution in [0.3, 0.4) is 0 Å². The monoisotopic (exact) mass is 446 g/mol. The van der Waals surface area contributed by atoms with Gasteiger partial charge >= 0.3 is 0 Å². The maximum atomic E-state index is 8.86. The molecule has 0 heterocycles. The average molecular weight is 447 g/mol. The van der Waals surface area contributed by atoms with E-state index >= 15 is 0 Å². The number of nitrogens with zero attached hydrogens (tertiary/aromatic N) is 1. The largest absolute Gasteiger partial charge is 0.493 e. The first-order valence-corrected chi connectivity index (χ1v) is 12.0. The number of unbranched alkanes of at least 4 members (excludes halogenated alkanes) is 7. The molecule has 0 aromatic heterocycles. The molecule has 0 atom stereocenters. The summed E-state index contributed by atoms with van der Waals surface area (Å²) in [6, 6.07) is 13.0. The number of halogens is 1. The number of nitrogens with one attached hydrogen (secondary N) is 1. The maximum Gasteiger partial charge on any atom is 0.129 e. The topological polar surface area (TPSA) is 36.3 Å². The summed E-state index contributed by atoms with van der Waals surface area (Å²) < 4.78 is 6.17. The van der Waals surface area contributed by atoms with Crippen LogP contribution in [-0.4, -0.2) is 29.4 Å². The van der Waals surface area contributed by atoms with E-state index in [1.807, 2.05) is 0 Å². The third kappa shape index (κ3) is 8.03. The molecule has 31 heavy (non-hydrogen) atoms. The molecule has 2 rings (SSSR count). The van der Waals surface area contributed by atoms with Gasteiger partial charge in [-0.1, -0.05) is 76.1 Å². The lowest BCUT2D eigenvalue weighted by Crippen LogP contribution is -2.42. The Labute approximate surface area is 196 Å². The Morgan fingerprint density at radius 1 is 0.806 bits per heavy atom. The molecule has 0 aliphatic carbocycles. The van der Waals surface area contributed by atoms with Crippen LogP contribution in [0.4, 0.5) is 0 Å². The van der Waals surface area contributed by atoms with Gasteiger partial charge < -0.3 is 9.64 Å². The van der Waals surface area contributed by atoms with E-state index < -0.39 is 0 Å². The first-order valence-electron chi connectivity index (χ1n) is 12.0. The second-order valence-electron chi connectivity index (χ2n) is 8.92. The molecular weight excluding hydrogens is 404 g/mol. The summed E-state index contributed by atoms with van der Waals surface area (Å²) in [6.45, 7) is 11.6.